The molecule has 1 aromatic heterocycles. The van der Waals surface area contributed by atoms with Gasteiger partial charge in [-0.15, -0.1) is 5.11 Å². The number of fused-ring (bicyclic) bond motifs is 1. The van der Waals surface area contributed by atoms with Crippen molar-refractivity contribution in [3.8, 4) is 11.6 Å². The summed E-state index contributed by atoms with van der Waals surface area (Å²) in [5, 5.41) is 28.8. The van der Waals surface area contributed by atoms with E-state index in [1.807, 2.05) is 60.7 Å². The van der Waals surface area contributed by atoms with Crippen molar-refractivity contribution in [3.05, 3.63) is 87.5 Å². The number of carboxylic acid groups (broad SMARTS) is 1. The van der Waals surface area contributed by atoms with Crippen molar-refractivity contribution in [3.63, 3.8) is 0 Å². The van der Waals surface area contributed by atoms with Crippen molar-refractivity contribution >= 4 is 45.2 Å². The Morgan fingerprint density at radius 2 is 1.78 bits per heavy atom. The Bertz CT molecular complexity index is 1250. The zero-order valence-corrected chi connectivity index (χ0v) is 19.1. The topological polar surface area (TPSA) is 107 Å². The Hall–Kier alpha value is -3.40. The van der Waals surface area contributed by atoms with Gasteiger partial charge in [0.2, 0.25) is 5.88 Å². The third kappa shape index (κ3) is 5.25. The largest absolute Gasteiger partial charge is 0.493 e. The maximum Gasteiger partial charge on any atom is 0.345 e. The third-order valence-electron chi connectivity index (χ3n) is 4.88. The quantitative estimate of drug-likeness (QED) is 0.193. The molecule has 1 atom stereocenters. The first-order valence-corrected chi connectivity index (χ1v) is 11.0. The maximum absolute atomic E-state index is 11.6. The average molecular weight is 541 g/mol. The number of nitrogens with one attached hydrogen (secondary N) is 1. The Morgan fingerprint density at radius 3 is 2.50 bits per heavy atom. The van der Waals surface area contributed by atoms with Crippen LogP contribution in [0.25, 0.3) is 10.9 Å². The third-order valence-corrected chi connectivity index (χ3v) is 5.55. The Balaban J connectivity index is 1.41. The molecule has 0 aliphatic carbocycles. The van der Waals surface area contributed by atoms with Gasteiger partial charge >= 0.3 is 5.97 Å². The lowest BCUT2D eigenvalue weighted by Gasteiger charge is -2.15. The second-order valence-electron chi connectivity index (χ2n) is 7.19. The van der Waals surface area contributed by atoms with Crippen LogP contribution in [-0.4, -0.2) is 27.3 Å². The summed E-state index contributed by atoms with van der Waals surface area (Å²) in [4.78, 5) is 14.5. The number of aromatic hydroxyl groups is 1. The number of halogens is 1. The molecule has 3 N–H and O–H groups in total. The van der Waals surface area contributed by atoms with Gasteiger partial charge in [0.25, 0.3) is 0 Å². The molecular formula is C24H20IN3O4. The van der Waals surface area contributed by atoms with Crippen LogP contribution < -0.4 is 4.74 Å². The summed E-state index contributed by atoms with van der Waals surface area (Å²) in [6.07, 6.45) is -0.699. The molecule has 0 aliphatic heterocycles. The van der Waals surface area contributed by atoms with E-state index < -0.39 is 12.1 Å². The minimum Gasteiger partial charge on any atom is -0.493 e. The van der Waals surface area contributed by atoms with Gasteiger partial charge in [-0.1, -0.05) is 42.5 Å². The van der Waals surface area contributed by atoms with E-state index in [0.29, 0.717) is 18.0 Å². The van der Waals surface area contributed by atoms with Crippen LogP contribution in [-0.2, 0) is 17.8 Å². The van der Waals surface area contributed by atoms with Crippen LogP contribution in [0.2, 0.25) is 0 Å². The van der Waals surface area contributed by atoms with Gasteiger partial charge in [0.15, 0.2) is 11.8 Å². The number of carboxylic acids is 1. The summed E-state index contributed by atoms with van der Waals surface area (Å²) in [6.45, 7) is 0.308. The van der Waals surface area contributed by atoms with Crippen LogP contribution in [0.1, 0.15) is 11.1 Å². The molecule has 7 nitrogen and oxygen atoms in total. The number of H-pyrrole nitrogens is 1. The fourth-order valence-electron chi connectivity index (χ4n) is 3.27. The lowest BCUT2D eigenvalue weighted by atomic mass is 10.1. The van der Waals surface area contributed by atoms with Gasteiger partial charge in [-0.3, -0.25) is 0 Å². The summed E-state index contributed by atoms with van der Waals surface area (Å²) in [5.41, 5.74) is 2.97. The first-order valence-electron chi connectivity index (χ1n) is 9.89. The Kier molecular flexibility index (Phi) is 6.69. The molecule has 162 valence electrons. The molecule has 0 radical (unpaired) electrons. The molecule has 3 aromatic carbocycles. The zero-order chi connectivity index (χ0) is 22.5. The van der Waals surface area contributed by atoms with E-state index in [-0.39, 0.29) is 12.3 Å². The molecule has 8 heteroatoms. The second kappa shape index (κ2) is 9.82. The number of hydrogen-bond acceptors (Lipinski definition) is 5. The van der Waals surface area contributed by atoms with E-state index in [2.05, 4.69) is 37.8 Å². The van der Waals surface area contributed by atoms with Gasteiger partial charge in [-0.05, 0) is 64.0 Å². The molecular weight excluding hydrogens is 521 g/mol. The predicted molar refractivity (Wildman–Crippen MR) is 130 cm³/mol. The fraction of sp³-hybridized carbons (Fsp3) is 0.125. The van der Waals surface area contributed by atoms with Crippen LogP contribution in [0.4, 0.5) is 5.69 Å². The number of azo groups is 1. The monoisotopic (exact) mass is 541 g/mol. The molecule has 32 heavy (non-hydrogen) atoms. The molecule has 4 aromatic rings. The first-order chi connectivity index (χ1) is 15.5. The van der Waals surface area contributed by atoms with Crippen molar-refractivity contribution in [1.29, 1.82) is 0 Å². The van der Waals surface area contributed by atoms with E-state index in [4.69, 9.17) is 4.74 Å². The molecule has 0 spiro atoms. The second-order valence-corrected chi connectivity index (χ2v) is 8.44. The van der Waals surface area contributed by atoms with Crippen molar-refractivity contribution in [2.24, 2.45) is 10.2 Å². The highest BCUT2D eigenvalue weighted by molar-refractivity contribution is 14.1. The van der Waals surface area contributed by atoms with Gasteiger partial charge in [0, 0.05) is 15.4 Å². The lowest BCUT2D eigenvalue weighted by Crippen LogP contribution is -2.29. The number of carbonyl (C=O) groups is 1. The minimum atomic E-state index is -1.01. The van der Waals surface area contributed by atoms with E-state index in [0.717, 1.165) is 25.6 Å². The summed E-state index contributed by atoms with van der Waals surface area (Å²) in [6, 6.07) is 22.2. The van der Waals surface area contributed by atoms with Gasteiger partial charge in [-0.25, -0.2) is 4.79 Å². The number of ether oxygens (including phenoxy) is 1. The van der Waals surface area contributed by atoms with Gasteiger partial charge in [0.1, 0.15) is 5.75 Å². The van der Waals surface area contributed by atoms with E-state index in [1.54, 1.807) is 12.1 Å². The molecule has 1 heterocycles. The summed E-state index contributed by atoms with van der Waals surface area (Å²) < 4.78 is 6.72. The molecule has 0 fully saturated rings. The van der Waals surface area contributed by atoms with Crippen molar-refractivity contribution in [1.82, 2.24) is 4.98 Å². The molecule has 0 unspecified atom stereocenters. The number of aliphatic carboxylic acids is 1. The molecule has 0 amide bonds. The Morgan fingerprint density at radius 1 is 1.03 bits per heavy atom. The Labute approximate surface area is 197 Å². The lowest BCUT2D eigenvalue weighted by molar-refractivity contribution is -0.145. The minimum absolute atomic E-state index is 0.0207. The predicted octanol–water partition coefficient (Wildman–Crippen LogP) is 5.84. The number of nitrogens with zero attached hydrogens (tertiary/aromatic N) is 2. The first kappa shape index (κ1) is 21.8. The van der Waals surface area contributed by atoms with Crippen LogP contribution >= 0.6 is 22.6 Å². The van der Waals surface area contributed by atoms with Crippen molar-refractivity contribution in [2.75, 3.05) is 0 Å². The van der Waals surface area contributed by atoms with Crippen LogP contribution in [0, 0.1) is 3.57 Å². The van der Waals surface area contributed by atoms with E-state index in [9.17, 15) is 15.0 Å². The average Bonchev–Trinajstić information content (AvgIpc) is 3.09. The van der Waals surface area contributed by atoms with E-state index >= 15 is 0 Å². The maximum atomic E-state index is 11.6. The van der Waals surface area contributed by atoms with Crippen LogP contribution in [0.5, 0.6) is 11.6 Å². The number of aromatic amines is 1. The summed E-state index contributed by atoms with van der Waals surface area (Å²) in [7, 11) is 0. The van der Waals surface area contributed by atoms with Crippen molar-refractivity contribution < 1.29 is 19.7 Å². The molecule has 0 aliphatic rings. The van der Waals surface area contributed by atoms with Crippen LogP contribution in [0.3, 0.4) is 0 Å². The normalized spacial score (nSPS) is 12.3. The van der Waals surface area contributed by atoms with Gasteiger partial charge in [0.05, 0.1) is 12.1 Å². The van der Waals surface area contributed by atoms with Crippen molar-refractivity contribution in [2.45, 2.75) is 19.1 Å². The highest BCUT2D eigenvalue weighted by Crippen LogP contribution is 2.36. The smallest absolute Gasteiger partial charge is 0.345 e. The molecule has 0 saturated carbocycles. The van der Waals surface area contributed by atoms with Gasteiger partial charge < -0.3 is 19.9 Å². The highest BCUT2D eigenvalue weighted by Gasteiger charge is 2.20. The highest BCUT2D eigenvalue weighted by atomic mass is 127. The van der Waals surface area contributed by atoms with E-state index in [1.165, 1.54) is 0 Å². The SMILES string of the molecule is O=C(O)[C@H](Cc1ccccc1)Oc1ccc(CN=Nc2c(O)[nH]c3ccc(I)cc23)cc1. The van der Waals surface area contributed by atoms with Gasteiger partial charge in [-0.2, -0.15) is 5.11 Å². The number of aromatic nitrogens is 1. The molecule has 0 saturated heterocycles. The standard InChI is InChI=1S/C24H20IN3O4/c25-17-8-11-20-19(13-17)22(23(29)27-20)28-26-14-16-6-9-18(10-7-16)32-21(24(30)31)12-15-4-2-1-3-5-15/h1-11,13,21,27,29H,12,14H2,(H,30,31)/t21-/m0/s1. The number of benzene rings is 3. The number of rotatable bonds is 8. The summed E-state index contributed by atoms with van der Waals surface area (Å²) in [5.74, 6) is -0.564. The summed E-state index contributed by atoms with van der Waals surface area (Å²) >= 11 is 2.21. The molecule has 0 bridgehead atoms. The molecule has 4 rings (SSSR count). The van der Waals surface area contributed by atoms with Crippen LogP contribution in [0.15, 0.2) is 83.0 Å². The number of hydrogen-bond donors (Lipinski definition) is 3. The zero-order valence-electron chi connectivity index (χ0n) is 16.9. The fourth-order valence-corrected chi connectivity index (χ4v) is 3.76.